The average Bonchev–Trinajstić information content (AvgIpc) is 1.86. The van der Waals surface area contributed by atoms with Crippen LogP contribution in [-0.4, -0.2) is 15.7 Å². The van der Waals surface area contributed by atoms with Gasteiger partial charge in [0, 0.05) is 0 Å². The fourth-order valence-electron chi connectivity index (χ4n) is 2.13. The third-order valence-corrected chi connectivity index (χ3v) is 3.24. The van der Waals surface area contributed by atoms with Gasteiger partial charge in [0.25, 0.3) is 0 Å². The Labute approximate surface area is 73.0 Å². The molecule has 0 N–H and O–H groups in total. The molecule has 0 unspecified atom stereocenters. The first-order valence-corrected chi connectivity index (χ1v) is 5.00. The largest absolute Gasteiger partial charge is 0.0992 e. The number of rotatable bonds is 1. The van der Waals surface area contributed by atoms with Gasteiger partial charge in [0.1, 0.15) is 0 Å². The molecule has 0 amide bonds. The van der Waals surface area contributed by atoms with Gasteiger partial charge in [-0.25, -0.2) is 0 Å². The van der Waals surface area contributed by atoms with E-state index < -0.39 is 0 Å². The van der Waals surface area contributed by atoms with Crippen molar-refractivity contribution in [3.8, 4) is 0 Å². The molecule has 11 heavy (non-hydrogen) atoms. The second-order valence-corrected chi connectivity index (χ2v) is 5.32. The van der Waals surface area contributed by atoms with Crippen LogP contribution in [0.4, 0.5) is 0 Å². The van der Waals surface area contributed by atoms with Crippen molar-refractivity contribution in [2.75, 3.05) is 0 Å². The fraction of sp³-hybridized carbons (Fsp3) is 1.00. The van der Waals surface area contributed by atoms with Gasteiger partial charge in [-0.2, -0.15) is 0 Å². The zero-order chi connectivity index (χ0) is 8.48. The highest BCUT2D eigenvalue weighted by atomic mass is 14.3. The molecule has 0 spiro atoms. The molecule has 1 aliphatic rings. The second kappa shape index (κ2) is 3.25. The minimum absolute atomic E-state index is 0.556. The predicted octanol–water partition coefficient (Wildman–Crippen LogP) is 1.22. The maximum Gasteiger partial charge on any atom is 0.0992 e. The van der Waals surface area contributed by atoms with E-state index >= 15 is 0 Å². The summed E-state index contributed by atoms with van der Waals surface area (Å²) < 4.78 is 0. The predicted molar refractivity (Wildman–Crippen MR) is 56.6 cm³/mol. The highest BCUT2D eigenvalue weighted by molar-refractivity contribution is 6.39. The summed E-state index contributed by atoms with van der Waals surface area (Å²) in [6.45, 7) is 4.77. The van der Waals surface area contributed by atoms with Crippen LogP contribution in [0.1, 0.15) is 39.5 Å². The van der Waals surface area contributed by atoms with Crippen LogP contribution < -0.4 is 0 Å². The van der Waals surface area contributed by atoms with Crippen molar-refractivity contribution in [1.29, 1.82) is 0 Å². The van der Waals surface area contributed by atoms with Crippen LogP contribution in [0.3, 0.4) is 0 Å². The van der Waals surface area contributed by atoms with E-state index in [1.807, 2.05) is 0 Å². The van der Waals surface area contributed by atoms with Gasteiger partial charge in [-0.1, -0.05) is 50.7 Å². The lowest BCUT2D eigenvalue weighted by Crippen LogP contribution is -2.25. The molecule has 2 heteroatoms. The van der Waals surface area contributed by atoms with Crippen molar-refractivity contribution in [3.63, 3.8) is 0 Å². The molecule has 62 valence electrons. The summed E-state index contributed by atoms with van der Waals surface area (Å²) >= 11 is 0. The Morgan fingerprint density at radius 1 is 1.09 bits per heavy atom. The highest BCUT2D eigenvalue weighted by Gasteiger charge is 2.27. The van der Waals surface area contributed by atoms with Crippen LogP contribution in [0.25, 0.3) is 0 Å². The molecule has 1 aliphatic carbocycles. The van der Waals surface area contributed by atoms with Gasteiger partial charge in [0.05, 0.1) is 15.7 Å². The molecule has 0 atom stereocenters. The van der Waals surface area contributed by atoms with Crippen molar-refractivity contribution >= 4 is 15.7 Å². The average molecular weight is 150 g/mol. The summed E-state index contributed by atoms with van der Waals surface area (Å²) in [5.74, 6) is 1.98. The Balaban J connectivity index is 2.39. The molecule has 0 aromatic carbocycles. The molecule has 1 fully saturated rings. The van der Waals surface area contributed by atoms with Gasteiger partial charge in [0.2, 0.25) is 0 Å². The molecule has 1 saturated carbocycles. The summed E-state index contributed by atoms with van der Waals surface area (Å²) in [4.78, 5) is 0. The van der Waals surface area contributed by atoms with Gasteiger partial charge in [-0.05, 0) is 5.92 Å². The Kier molecular flexibility index (Phi) is 2.72. The van der Waals surface area contributed by atoms with Crippen LogP contribution in [0.2, 0.25) is 5.21 Å². The SMILES string of the molecule is BC(B)(C)C1CCC(C)CC1. The molecule has 0 nitrogen and oxygen atoms in total. The Morgan fingerprint density at radius 2 is 1.55 bits per heavy atom. The summed E-state index contributed by atoms with van der Waals surface area (Å²) in [6.07, 6.45) is 5.85. The van der Waals surface area contributed by atoms with E-state index in [4.69, 9.17) is 0 Å². The van der Waals surface area contributed by atoms with E-state index in [1.165, 1.54) is 25.7 Å². The lowest BCUT2D eigenvalue weighted by atomic mass is 9.47. The molecule has 0 aromatic heterocycles. The summed E-state index contributed by atoms with van der Waals surface area (Å²) in [5.41, 5.74) is 0. The normalized spacial score (nSPS) is 33.6. The topological polar surface area (TPSA) is 0 Å². The van der Waals surface area contributed by atoms with Crippen LogP contribution in [0.15, 0.2) is 0 Å². The smallest absolute Gasteiger partial charge is 0.0845 e. The first kappa shape index (κ1) is 9.22. The minimum atomic E-state index is 0.556. The monoisotopic (exact) mass is 150 g/mol. The zero-order valence-corrected chi connectivity index (χ0v) is 8.48. The maximum absolute atomic E-state index is 2.39. The van der Waals surface area contributed by atoms with Gasteiger partial charge in [0.15, 0.2) is 0 Å². The van der Waals surface area contributed by atoms with E-state index in [0.29, 0.717) is 5.21 Å². The third kappa shape index (κ3) is 2.57. The maximum atomic E-state index is 2.39. The Hall–Kier alpha value is 0.130. The van der Waals surface area contributed by atoms with E-state index in [9.17, 15) is 0 Å². The molecule has 0 aliphatic heterocycles. The lowest BCUT2D eigenvalue weighted by Gasteiger charge is -2.36. The van der Waals surface area contributed by atoms with Crippen molar-refractivity contribution in [2.24, 2.45) is 11.8 Å². The van der Waals surface area contributed by atoms with Crippen LogP contribution in [0, 0.1) is 11.8 Å². The minimum Gasteiger partial charge on any atom is -0.0845 e. The molecule has 0 heterocycles. The standard InChI is InChI=1S/C9H20B2/c1-7-3-5-8(6-4-7)9(2,10)11/h7-8H,3-6,10-11H2,1-2H3. The van der Waals surface area contributed by atoms with Crippen molar-refractivity contribution in [2.45, 2.75) is 44.7 Å². The van der Waals surface area contributed by atoms with Crippen molar-refractivity contribution in [1.82, 2.24) is 0 Å². The van der Waals surface area contributed by atoms with Gasteiger partial charge >= 0.3 is 0 Å². The summed E-state index contributed by atoms with van der Waals surface area (Å²) in [6, 6.07) is 0. The first-order chi connectivity index (χ1) is 5.00. The first-order valence-electron chi connectivity index (χ1n) is 5.00. The molecule has 1 rings (SSSR count). The van der Waals surface area contributed by atoms with Gasteiger partial charge < -0.3 is 0 Å². The van der Waals surface area contributed by atoms with Gasteiger partial charge in [-0.15, -0.1) is 0 Å². The van der Waals surface area contributed by atoms with E-state index in [0.717, 1.165) is 11.8 Å². The van der Waals surface area contributed by atoms with Crippen LogP contribution in [0.5, 0.6) is 0 Å². The molecule has 0 saturated heterocycles. The van der Waals surface area contributed by atoms with E-state index in [1.54, 1.807) is 0 Å². The molecule has 0 radical (unpaired) electrons. The highest BCUT2D eigenvalue weighted by Crippen LogP contribution is 2.40. The zero-order valence-electron chi connectivity index (χ0n) is 8.48. The molecular weight excluding hydrogens is 130 g/mol. The fourth-order valence-corrected chi connectivity index (χ4v) is 2.13. The molecule has 0 aromatic rings. The lowest BCUT2D eigenvalue weighted by molar-refractivity contribution is 0.271. The summed E-state index contributed by atoms with van der Waals surface area (Å²) in [5, 5.41) is 0.556. The molecular formula is C9H20B2. The van der Waals surface area contributed by atoms with Gasteiger partial charge in [-0.3, -0.25) is 0 Å². The second-order valence-electron chi connectivity index (χ2n) is 5.32. The third-order valence-electron chi connectivity index (χ3n) is 3.24. The van der Waals surface area contributed by atoms with Crippen LogP contribution >= 0.6 is 0 Å². The summed E-state index contributed by atoms with van der Waals surface area (Å²) in [7, 11) is 4.77. The van der Waals surface area contributed by atoms with Crippen molar-refractivity contribution in [3.05, 3.63) is 0 Å². The number of hydrogen-bond acceptors (Lipinski definition) is 0. The molecule has 0 bridgehead atoms. The van der Waals surface area contributed by atoms with E-state index in [2.05, 4.69) is 29.5 Å². The van der Waals surface area contributed by atoms with E-state index in [-0.39, 0.29) is 0 Å². The van der Waals surface area contributed by atoms with Crippen molar-refractivity contribution < 1.29 is 0 Å². The van der Waals surface area contributed by atoms with Crippen LogP contribution in [-0.2, 0) is 0 Å². The Morgan fingerprint density at radius 3 is 1.91 bits per heavy atom. The Bertz CT molecular complexity index is 118. The number of hydrogen-bond donors (Lipinski definition) is 0. The quantitative estimate of drug-likeness (QED) is 0.492.